The van der Waals surface area contributed by atoms with Crippen LogP contribution in [0.1, 0.15) is 17.2 Å². The molecule has 1 aromatic carbocycles. The average molecular weight is 216 g/mol. The topological polar surface area (TPSA) is 74.6 Å². The second-order valence-electron chi connectivity index (χ2n) is 3.12. The molecule has 0 heterocycles. The first-order valence-corrected chi connectivity index (χ1v) is 5.70. The van der Waals surface area contributed by atoms with Crippen molar-refractivity contribution < 1.29 is 18.1 Å². The number of hydrogen-bond donors (Lipinski definition) is 2. The molecule has 1 atom stereocenters. The summed E-state index contributed by atoms with van der Waals surface area (Å²) in [6.45, 7) is 1.77. The monoisotopic (exact) mass is 216 g/mol. The summed E-state index contributed by atoms with van der Waals surface area (Å²) in [7, 11) is -4.14. The van der Waals surface area contributed by atoms with Gasteiger partial charge in [0.25, 0.3) is 10.1 Å². The molecular formula is C9H12O4S. The lowest BCUT2D eigenvalue weighted by Crippen LogP contribution is -2.14. The van der Waals surface area contributed by atoms with Crippen molar-refractivity contribution in [1.82, 2.24) is 0 Å². The number of benzene rings is 1. The highest BCUT2D eigenvalue weighted by atomic mass is 32.2. The fourth-order valence-corrected chi connectivity index (χ4v) is 1.83. The van der Waals surface area contributed by atoms with Crippen LogP contribution >= 0.6 is 0 Å². The maximum Gasteiger partial charge on any atom is 0.267 e. The van der Waals surface area contributed by atoms with Crippen molar-refractivity contribution >= 4 is 10.1 Å². The second-order valence-corrected chi connectivity index (χ2v) is 4.62. The summed E-state index contributed by atoms with van der Waals surface area (Å²) in [5, 5.41) is 9.50. The van der Waals surface area contributed by atoms with Gasteiger partial charge in [0.2, 0.25) is 0 Å². The van der Waals surface area contributed by atoms with E-state index in [9.17, 15) is 13.5 Å². The van der Waals surface area contributed by atoms with Gasteiger partial charge >= 0.3 is 0 Å². The normalized spacial score (nSPS) is 13.9. The molecule has 1 aromatic rings. The first-order chi connectivity index (χ1) is 6.40. The zero-order chi connectivity index (χ0) is 10.8. The van der Waals surface area contributed by atoms with Crippen LogP contribution in [0.15, 0.2) is 24.3 Å². The van der Waals surface area contributed by atoms with Crippen LogP contribution < -0.4 is 0 Å². The molecule has 14 heavy (non-hydrogen) atoms. The van der Waals surface area contributed by atoms with Gasteiger partial charge in [0, 0.05) is 0 Å². The van der Waals surface area contributed by atoms with Crippen LogP contribution in [0.25, 0.3) is 0 Å². The summed E-state index contributed by atoms with van der Waals surface area (Å²) in [4.78, 5) is 0. The van der Waals surface area contributed by atoms with E-state index in [1.54, 1.807) is 31.2 Å². The van der Waals surface area contributed by atoms with Crippen LogP contribution in [-0.2, 0) is 10.1 Å². The third-order valence-electron chi connectivity index (χ3n) is 1.92. The van der Waals surface area contributed by atoms with E-state index in [4.69, 9.17) is 4.55 Å². The molecule has 0 bridgehead atoms. The first-order valence-electron chi connectivity index (χ1n) is 4.09. The van der Waals surface area contributed by atoms with Crippen LogP contribution in [0.2, 0.25) is 0 Å². The van der Waals surface area contributed by atoms with Gasteiger partial charge in [-0.3, -0.25) is 4.55 Å². The van der Waals surface area contributed by atoms with Crippen molar-refractivity contribution in [3.63, 3.8) is 0 Å². The van der Waals surface area contributed by atoms with E-state index in [1.807, 2.05) is 0 Å². The highest BCUT2D eigenvalue weighted by Gasteiger charge is 2.16. The predicted molar refractivity (Wildman–Crippen MR) is 52.6 cm³/mol. The van der Waals surface area contributed by atoms with E-state index in [0.717, 1.165) is 5.56 Å². The maximum atomic E-state index is 10.5. The van der Waals surface area contributed by atoms with Gasteiger partial charge in [-0.05, 0) is 18.1 Å². The summed E-state index contributed by atoms with van der Waals surface area (Å²) in [5.74, 6) is -0.669. The lowest BCUT2D eigenvalue weighted by molar-refractivity contribution is 0.198. The number of hydrogen-bond acceptors (Lipinski definition) is 3. The molecule has 1 rings (SSSR count). The van der Waals surface area contributed by atoms with E-state index in [-0.39, 0.29) is 0 Å². The molecule has 0 fully saturated rings. The molecule has 4 nitrogen and oxygen atoms in total. The predicted octanol–water partition coefficient (Wildman–Crippen LogP) is 0.916. The largest absolute Gasteiger partial charge is 0.387 e. The Labute approximate surface area is 82.9 Å². The molecule has 2 N–H and O–H groups in total. The minimum Gasteiger partial charge on any atom is -0.387 e. The Balaban J connectivity index is 2.90. The molecule has 0 spiro atoms. The number of aliphatic hydroxyl groups excluding tert-OH is 1. The summed E-state index contributed by atoms with van der Waals surface area (Å²) >= 11 is 0. The van der Waals surface area contributed by atoms with E-state index in [1.165, 1.54) is 0 Å². The van der Waals surface area contributed by atoms with Crippen molar-refractivity contribution in [2.75, 3.05) is 5.75 Å². The molecule has 78 valence electrons. The Hall–Kier alpha value is -0.910. The van der Waals surface area contributed by atoms with Crippen LogP contribution in [0.4, 0.5) is 0 Å². The van der Waals surface area contributed by atoms with Crippen molar-refractivity contribution in [3.05, 3.63) is 35.4 Å². The number of rotatable bonds is 3. The minimum atomic E-state index is -4.14. The van der Waals surface area contributed by atoms with Crippen molar-refractivity contribution in [2.45, 2.75) is 13.0 Å². The van der Waals surface area contributed by atoms with Gasteiger partial charge in [0.1, 0.15) is 5.75 Å². The quantitative estimate of drug-likeness (QED) is 0.737. The van der Waals surface area contributed by atoms with Gasteiger partial charge in [-0.1, -0.05) is 24.3 Å². The smallest absolute Gasteiger partial charge is 0.267 e. The third-order valence-corrected chi connectivity index (χ3v) is 2.65. The van der Waals surface area contributed by atoms with Gasteiger partial charge in [-0.15, -0.1) is 0 Å². The van der Waals surface area contributed by atoms with E-state index in [2.05, 4.69) is 0 Å². The van der Waals surface area contributed by atoms with Crippen LogP contribution in [0, 0.1) is 6.92 Å². The molecule has 0 amide bonds. The van der Waals surface area contributed by atoms with E-state index < -0.39 is 22.0 Å². The molecule has 0 saturated heterocycles. The van der Waals surface area contributed by atoms with Gasteiger partial charge < -0.3 is 5.11 Å². The fraction of sp³-hybridized carbons (Fsp3) is 0.333. The van der Waals surface area contributed by atoms with E-state index in [0.29, 0.717) is 5.56 Å². The highest BCUT2D eigenvalue weighted by molar-refractivity contribution is 7.85. The number of aliphatic hydroxyl groups is 1. The summed E-state index contributed by atoms with van der Waals surface area (Å²) in [5.41, 5.74) is 1.31. The SMILES string of the molecule is Cc1ccccc1C(O)CS(=O)(=O)O. The van der Waals surface area contributed by atoms with Crippen molar-refractivity contribution in [1.29, 1.82) is 0 Å². The fourth-order valence-electron chi connectivity index (χ4n) is 1.25. The van der Waals surface area contributed by atoms with Crippen molar-refractivity contribution in [3.8, 4) is 0 Å². The Morgan fingerprint density at radius 1 is 1.36 bits per heavy atom. The zero-order valence-electron chi connectivity index (χ0n) is 7.71. The molecular weight excluding hydrogens is 204 g/mol. The molecule has 0 radical (unpaired) electrons. The van der Waals surface area contributed by atoms with Gasteiger partial charge in [-0.2, -0.15) is 8.42 Å². The molecule has 0 saturated carbocycles. The molecule has 0 aliphatic rings. The summed E-state index contributed by atoms with van der Waals surface area (Å²) in [6.07, 6.45) is -1.17. The standard InChI is InChI=1S/C9H12O4S/c1-7-4-2-3-5-8(7)9(10)6-14(11,12)13/h2-5,9-10H,6H2,1H3,(H,11,12,13). The Bertz CT molecular complexity index is 411. The summed E-state index contributed by atoms with van der Waals surface area (Å²) < 4.78 is 29.6. The van der Waals surface area contributed by atoms with Gasteiger partial charge in [-0.25, -0.2) is 0 Å². The lowest BCUT2D eigenvalue weighted by Gasteiger charge is -2.11. The molecule has 1 unspecified atom stereocenters. The molecule has 0 aliphatic heterocycles. The van der Waals surface area contributed by atoms with Gasteiger partial charge in [0.15, 0.2) is 0 Å². The second kappa shape index (κ2) is 4.08. The van der Waals surface area contributed by atoms with Crippen molar-refractivity contribution in [2.24, 2.45) is 0 Å². The van der Waals surface area contributed by atoms with Crippen LogP contribution in [-0.4, -0.2) is 23.8 Å². The lowest BCUT2D eigenvalue weighted by atomic mass is 10.1. The number of aryl methyl sites for hydroxylation is 1. The average Bonchev–Trinajstić information content (AvgIpc) is 2.01. The van der Waals surface area contributed by atoms with Crippen LogP contribution in [0.3, 0.4) is 0 Å². The van der Waals surface area contributed by atoms with E-state index >= 15 is 0 Å². The summed E-state index contributed by atoms with van der Waals surface area (Å²) in [6, 6.07) is 6.89. The zero-order valence-corrected chi connectivity index (χ0v) is 8.53. The minimum absolute atomic E-state index is 0.519. The third kappa shape index (κ3) is 3.10. The van der Waals surface area contributed by atoms with Crippen LogP contribution in [0.5, 0.6) is 0 Å². The van der Waals surface area contributed by atoms with Gasteiger partial charge in [0.05, 0.1) is 6.10 Å². The first kappa shape index (κ1) is 11.2. The molecule has 0 aliphatic carbocycles. The molecule has 0 aromatic heterocycles. The Kier molecular flexibility index (Phi) is 3.25. The molecule has 5 heteroatoms. The maximum absolute atomic E-state index is 10.5. The highest BCUT2D eigenvalue weighted by Crippen LogP contribution is 2.18. The Morgan fingerprint density at radius 2 is 1.93 bits per heavy atom. The Morgan fingerprint density at radius 3 is 2.43 bits per heavy atom.